The van der Waals surface area contributed by atoms with Crippen molar-refractivity contribution in [1.82, 2.24) is 0 Å². The van der Waals surface area contributed by atoms with Crippen molar-refractivity contribution in [2.24, 2.45) is 0 Å². The molecule has 0 saturated carbocycles. The summed E-state index contributed by atoms with van der Waals surface area (Å²) in [5, 5.41) is 3.35. The molecular formula is C13H15BrN2OS. The lowest BCUT2D eigenvalue weighted by Gasteiger charge is -2.09. The summed E-state index contributed by atoms with van der Waals surface area (Å²) in [5.74, 6) is 0.774. The van der Waals surface area contributed by atoms with Gasteiger partial charge in [-0.2, -0.15) is 0 Å². The van der Waals surface area contributed by atoms with Gasteiger partial charge in [-0.05, 0) is 40.5 Å². The maximum Gasteiger partial charge on any atom is 0.122 e. The van der Waals surface area contributed by atoms with Gasteiger partial charge < -0.3 is 15.8 Å². The highest BCUT2D eigenvalue weighted by atomic mass is 79.9. The average molecular weight is 327 g/mol. The van der Waals surface area contributed by atoms with E-state index in [2.05, 4.69) is 33.4 Å². The standard InChI is InChI=1S/C13H15BrN2OS/c1-17-11-7-9(15)6-10(8-11)16-5-4-12-2-3-13(14)18-12/h2-3,6-8,16H,4-5,15H2,1H3. The summed E-state index contributed by atoms with van der Waals surface area (Å²) in [6, 6.07) is 9.87. The molecule has 0 spiro atoms. The van der Waals surface area contributed by atoms with Gasteiger partial charge in [-0.3, -0.25) is 0 Å². The fourth-order valence-electron chi connectivity index (χ4n) is 1.66. The Morgan fingerprint density at radius 2 is 2.17 bits per heavy atom. The van der Waals surface area contributed by atoms with Crippen molar-refractivity contribution in [3.8, 4) is 5.75 Å². The second-order valence-electron chi connectivity index (χ2n) is 3.88. The first-order chi connectivity index (χ1) is 8.67. The molecule has 0 aliphatic heterocycles. The maximum atomic E-state index is 5.80. The van der Waals surface area contributed by atoms with E-state index in [4.69, 9.17) is 10.5 Å². The molecule has 0 saturated heterocycles. The van der Waals surface area contributed by atoms with E-state index >= 15 is 0 Å². The van der Waals surface area contributed by atoms with Crippen LogP contribution in [-0.2, 0) is 6.42 Å². The number of benzene rings is 1. The largest absolute Gasteiger partial charge is 0.497 e. The summed E-state index contributed by atoms with van der Waals surface area (Å²) in [6.07, 6.45) is 0.993. The van der Waals surface area contributed by atoms with Crippen molar-refractivity contribution in [2.45, 2.75) is 6.42 Å². The normalized spacial score (nSPS) is 10.3. The average Bonchev–Trinajstić information content (AvgIpc) is 2.74. The summed E-state index contributed by atoms with van der Waals surface area (Å²) in [4.78, 5) is 1.35. The highest BCUT2D eigenvalue weighted by molar-refractivity contribution is 9.11. The number of hydrogen-bond acceptors (Lipinski definition) is 4. The summed E-state index contributed by atoms with van der Waals surface area (Å²) in [5.41, 5.74) is 7.49. The third-order valence-corrected chi connectivity index (χ3v) is 4.18. The fraction of sp³-hybridized carbons (Fsp3) is 0.231. The Morgan fingerprint density at radius 1 is 1.33 bits per heavy atom. The van der Waals surface area contributed by atoms with E-state index in [9.17, 15) is 0 Å². The van der Waals surface area contributed by atoms with Crippen LogP contribution in [0.5, 0.6) is 5.75 Å². The molecule has 5 heteroatoms. The van der Waals surface area contributed by atoms with Gasteiger partial charge in [0.1, 0.15) is 5.75 Å². The molecule has 96 valence electrons. The van der Waals surface area contributed by atoms with Gasteiger partial charge >= 0.3 is 0 Å². The van der Waals surface area contributed by atoms with Crippen molar-refractivity contribution < 1.29 is 4.74 Å². The van der Waals surface area contributed by atoms with Crippen LogP contribution in [-0.4, -0.2) is 13.7 Å². The van der Waals surface area contributed by atoms with E-state index in [0.717, 1.165) is 24.4 Å². The molecule has 0 aliphatic rings. The maximum absolute atomic E-state index is 5.80. The number of thiophene rings is 1. The number of rotatable bonds is 5. The van der Waals surface area contributed by atoms with E-state index in [1.807, 2.05) is 18.2 Å². The molecule has 0 bridgehead atoms. The molecular weight excluding hydrogens is 312 g/mol. The van der Waals surface area contributed by atoms with Gasteiger partial charge in [0.05, 0.1) is 10.9 Å². The van der Waals surface area contributed by atoms with E-state index < -0.39 is 0 Å². The Labute approximate surface area is 119 Å². The van der Waals surface area contributed by atoms with Crippen LogP contribution in [0.25, 0.3) is 0 Å². The molecule has 1 aromatic heterocycles. The molecule has 0 aliphatic carbocycles. The van der Waals surface area contributed by atoms with E-state index in [1.165, 1.54) is 8.66 Å². The van der Waals surface area contributed by atoms with Crippen LogP contribution < -0.4 is 15.8 Å². The van der Waals surface area contributed by atoms with Crippen molar-refractivity contribution in [2.75, 3.05) is 24.7 Å². The highest BCUT2D eigenvalue weighted by Gasteiger charge is 2.00. The second kappa shape index (κ2) is 6.11. The number of ether oxygens (including phenoxy) is 1. The summed E-state index contributed by atoms with van der Waals surface area (Å²) in [7, 11) is 1.64. The van der Waals surface area contributed by atoms with Crippen LogP contribution >= 0.6 is 27.3 Å². The molecule has 0 amide bonds. The lowest BCUT2D eigenvalue weighted by molar-refractivity contribution is 0.415. The van der Waals surface area contributed by atoms with Crippen LogP contribution in [0.4, 0.5) is 11.4 Å². The third-order valence-electron chi connectivity index (χ3n) is 2.49. The van der Waals surface area contributed by atoms with E-state index in [0.29, 0.717) is 5.69 Å². The zero-order valence-corrected chi connectivity index (χ0v) is 12.5. The molecule has 0 fully saturated rings. The monoisotopic (exact) mass is 326 g/mol. The number of methoxy groups -OCH3 is 1. The van der Waals surface area contributed by atoms with Crippen LogP contribution in [0.2, 0.25) is 0 Å². The summed E-state index contributed by atoms with van der Waals surface area (Å²) in [6.45, 7) is 0.875. The van der Waals surface area contributed by atoms with E-state index in [-0.39, 0.29) is 0 Å². The van der Waals surface area contributed by atoms with Gasteiger partial charge in [0.2, 0.25) is 0 Å². The second-order valence-corrected chi connectivity index (χ2v) is 6.43. The predicted molar refractivity (Wildman–Crippen MR) is 81.6 cm³/mol. The van der Waals surface area contributed by atoms with Gasteiger partial charge in [0, 0.05) is 34.9 Å². The molecule has 1 aromatic carbocycles. The Kier molecular flexibility index (Phi) is 4.49. The number of nitrogens with two attached hydrogens (primary N) is 1. The molecule has 2 rings (SSSR count). The lowest BCUT2D eigenvalue weighted by atomic mass is 10.2. The molecule has 18 heavy (non-hydrogen) atoms. The number of hydrogen-bond donors (Lipinski definition) is 2. The minimum Gasteiger partial charge on any atom is -0.497 e. The first-order valence-electron chi connectivity index (χ1n) is 5.60. The minimum atomic E-state index is 0.704. The van der Waals surface area contributed by atoms with Gasteiger partial charge in [0.15, 0.2) is 0 Å². The van der Waals surface area contributed by atoms with E-state index in [1.54, 1.807) is 18.4 Å². The number of nitrogens with one attached hydrogen (secondary N) is 1. The fourth-order valence-corrected chi connectivity index (χ4v) is 3.14. The molecule has 2 aromatic rings. The van der Waals surface area contributed by atoms with Crippen LogP contribution in [0.1, 0.15) is 4.88 Å². The Hall–Kier alpha value is -1.20. The molecule has 0 radical (unpaired) electrons. The topological polar surface area (TPSA) is 47.3 Å². The van der Waals surface area contributed by atoms with Crippen LogP contribution in [0, 0.1) is 0 Å². The Bertz CT molecular complexity index is 527. The summed E-state index contributed by atoms with van der Waals surface area (Å²) < 4.78 is 6.35. The first-order valence-corrected chi connectivity index (χ1v) is 7.21. The number of nitrogen functional groups attached to an aromatic ring is 1. The van der Waals surface area contributed by atoms with Crippen LogP contribution in [0.15, 0.2) is 34.1 Å². The number of halogens is 1. The summed E-state index contributed by atoms with van der Waals surface area (Å²) >= 11 is 5.22. The molecule has 0 unspecified atom stereocenters. The Balaban J connectivity index is 1.91. The van der Waals surface area contributed by atoms with Crippen LogP contribution in [0.3, 0.4) is 0 Å². The van der Waals surface area contributed by atoms with Crippen molar-refractivity contribution in [3.63, 3.8) is 0 Å². The molecule has 3 N–H and O–H groups in total. The third kappa shape index (κ3) is 3.65. The predicted octanol–water partition coefficient (Wildman–Crippen LogP) is 3.76. The smallest absolute Gasteiger partial charge is 0.122 e. The molecule has 1 heterocycles. The van der Waals surface area contributed by atoms with Crippen molar-refractivity contribution in [3.05, 3.63) is 39.0 Å². The van der Waals surface area contributed by atoms with Gasteiger partial charge in [0.25, 0.3) is 0 Å². The van der Waals surface area contributed by atoms with Crippen molar-refractivity contribution in [1.29, 1.82) is 0 Å². The minimum absolute atomic E-state index is 0.704. The SMILES string of the molecule is COc1cc(N)cc(NCCc2ccc(Br)s2)c1. The van der Waals surface area contributed by atoms with Gasteiger partial charge in [-0.15, -0.1) is 11.3 Å². The van der Waals surface area contributed by atoms with Gasteiger partial charge in [-0.1, -0.05) is 0 Å². The zero-order valence-electron chi connectivity index (χ0n) is 10.1. The molecule has 0 atom stereocenters. The first kappa shape index (κ1) is 13.2. The highest BCUT2D eigenvalue weighted by Crippen LogP contribution is 2.24. The zero-order chi connectivity index (χ0) is 13.0. The van der Waals surface area contributed by atoms with Gasteiger partial charge in [-0.25, -0.2) is 0 Å². The Morgan fingerprint density at radius 3 is 2.83 bits per heavy atom. The van der Waals surface area contributed by atoms with Crippen molar-refractivity contribution >= 4 is 38.6 Å². The quantitative estimate of drug-likeness (QED) is 0.822. The molecule has 3 nitrogen and oxygen atoms in total. The number of anilines is 2. The lowest BCUT2D eigenvalue weighted by Crippen LogP contribution is -2.04.